The number of hydrogen-bond donors (Lipinski definition) is 4. The largest absolute Gasteiger partial charge is 0.465 e. The first kappa shape index (κ1) is 22.0. The quantitative estimate of drug-likeness (QED) is 0.391. The van der Waals surface area contributed by atoms with E-state index < -0.39 is 44.8 Å². The van der Waals surface area contributed by atoms with E-state index in [0.29, 0.717) is 23.9 Å². The van der Waals surface area contributed by atoms with Crippen molar-refractivity contribution in [2.45, 2.75) is 56.6 Å². The fraction of sp³-hybridized carbons (Fsp3) is 0.611. The van der Waals surface area contributed by atoms with E-state index in [2.05, 4.69) is 4.74 Å². The third kappa shape index (κ3) is 5.60. The summed E-state index contributed by atoms with van der Waals surface area (Å²) in [5.74, 6) is -0.166. The highest BCUT2D eigenvalue weighted by Crippen LogP contribution is 2.38. The van der Waals surface area contributed by atoms with Crippen molar-refractivity contribution in [1.82, 2.24) is 0 Å². The van der Waals surface area contributed by atoms with Gasteiger partial charge in [0.05, 0.1) is 18.8 Å². The summed E-state index contributed by atoms with van der Waals surface area (Å²) < 4.78 is 15.8. The minimum absolute atomic E-state index is 0.122. The van der Waals surface area contributed by atoms with Gasteiger partial charge in [-0.2, -0.15) is 0 Å². The Hall–Kier alpha value is -1.28. The lowest BCUT2D eigenvalue weighted by atomic mass is 9.97. The van der Waals surface area contributed by atoms with Gasteiger partial charge in [0.2, 0.25) is 6.29 Å². The molecule has 0 amide bonds. The first-order valence-corrected chi connectivity index (χ1v) is 10.3. The van der Waals surface area contributed by atoms with Crippen molar-refractivity contribution >= 4 is 14.1 Å². The van der Waals surface area contributed by atoms with Crippen LogP contribution in [0.15, 0.2) is 24.3 Å². The van der Waals surface area contributed by atoms with Gasteiger partial charge in [0.25, 0.3) is 0 Å². The molecule has 27 heavy (non-hydrogen) atoms. The summed E-state index contributed by atoms with van der Waals surface area (Å²) in [7, 11) is 0.0784. The Morgan fingerprint density at radius 1 is 1.15 bits per heavy atom. The molecule has 1 aromatic carbocycles. The van der Waals surface area contributed by atoms with Gasteiger partial charge in [0, 0.05) is 8.15 Å². The van der Waals surface area contributed by atoms with Crippen LogP contribution in [-0.4, -0.2) is 75.8 Å². The predicted molar refractivity (Wildman–Crippen MR) is 98.8 cm³/mol. The number of ether oxygens (including phenoxy) is 3. The molecule has 1 aliphatic rings. The smallest absolute Gasteiger partial charge is 0.337 e. The average molecular weight is 402 g/mol. The molecule has 9 heteroatoms. The maximum absolute atomic E-state index is 11.5. The molecule has 0 bridgehead atoms. The standard InChI is InChI=1S/C18H27O8P/c1-10(2)27(23)9-8-13-14(19)15(20)16(21)18(26-13)25-12-6-4-11(5-7-12)17(22)24-3/h4-7,10,13-16,18-21,23H,8-9H2,1-3H3/t13?,14-,15?,16?,18+,27?/m1/s1. The van der Waals surface area contributed by atoms with Crippen LogP contribution >= 0.6 is 8.15 Å². The van der Waals surface area contributed by atoms with Gasteiger partial charge in [-0.05, 0) is 42.5 Å². The molecule has 0 radical (unpaired) electrons. The van der Waals surface area contributed by atoms with E-state index in [1.165, 1.54) is 31.4 Å². The van der Waals surface area contributed by atoms with E-state index in [1.807, 2.05) is 13.8 Å². The number of aliphatic hydroxyl groups excluding tert-OH is 3. The van der Waals surface area contributed by atoms with Crippen LogP contribution in [0.1, 0.15) is 30.6 Å². The van der Waals surface area contributed by atoms with Crippen LogP contribution in [0, 0.1) is 0 Å². The molecule has 0 saturated carbocycles. The molecular formula is C18H27O8P. The lowest BCUT2D eigenvalue weighted by molar-refractivity contribution is -0.272. The maximum atomic E-state index is 11.5. The van der Waals surface area contributed by atoms with Gasteiger partial charge in [-0.25, -0.2) is 4.79 Å². The second kappa shape index (κ2) is 9.78. The topological polar surface area (TPSA) is 126 Å². The summed E-state index contributed by atoms with van der Waals surface area (Å²) in [6.07, 6.45) is -5.37. The number of carbonyl (C=O) groups is 1. The SMILES string of the molecule is COC(=O)c1ccc(O[C@H]2OC(CCP(O)C(C)C)[C@@H](O)C(O)C2O)cc1. The van der Waals surface area contributed by atoms with Crippen molar-refractivity contribution in [3.8, 4) is 5.75 Å². The summed E-state index contributed by atoms with van der Waals surface area (Å²) in [4.78, 5) is 21.5. The average Bonchev–Trinajstić information content (AvgIpc) is 2.67. The van der Waals surface area contributed by atoms with E-state index in [9.17, 15) is 25.0 Å². The molecule has 0 aliphatic carbocycles. The Bertz CT molecular complexity index is 608. The minimum Gasteiger partial charge on any atom is -0.465 e. The fourth-order valence-electron chi connectivity index (χ4n) is 2.69. The summed E-state index contributed by atoms with van der Waals surface area (Å²) in [6, 6.07) is 6.03. The van der Waals surface area contributed by atoms with E-state index >= 15 is 0 Å². The number of esters is 1. The van der Waals surface area contributed by atoms with Gasteiger partial charge in [-0.15, -0.1) is 0 Å². The number of hydrogen-bond acceptors (Lipinski definition) is 8. The number of benzene rings is 1. The van der Waals surface area contributed by atoms with Crippen molar-refractivity contribution in [3.05, 3.63) is 29.8 Å². The third-order valence-corrected chi connectivity index (χ3v) is 6.34. The van der Waals surface area contributed by atoms with Crippen molar-refractivity contribution in [2.75, 3.05) is 13.3 Å². The maximum Gasteiger partial charge on any atom is 0.337 e. The summed E-state index contributed by atoms with van der Waals surface area (Å²) in [6.45, 7) is 3.82. The Labute approximate surface area is 159 Å². The Balaban J connectivity index is 2.03. The molecule has 1 saturated heterocycles. The van der Waals surface area contributed by atoms with Crippen molar-refractivity contribution in [2.24, 2.45) is 0 Å². The van der Waals surface area contributed by atoms with Gasteiger partial charge >= 0.3 is 5.97 Å². The lowest BCUT2D eigenvalue weighted by Gasteiger charge is -2.40. The van der Waals surface area contributed by atoms with Crippen LogP contribution in [0.2, 0.25) is 0 Å². The van der Waals surface area contributed by atoms with E-state index in [1.54, 1.807) is 0 Å². The van der Waals surface area contributed by atoms with Crippen LogP contribution in [-0.2, 0) is 9.47 Å². The molecule has 1 aliphatic heterocycles. The minimum atomic E-state index is -1.45. The molecular weight excluding hydrogens is 375 g/mol. The van der Waals surface area contributed by atoms with E-state index in [-0.39, 0.29) is 5.66 Å². The molecule has 1 aromatic rings. The predicted octanol–water partition coefficient (Wildman–Crippen LogP) is 0.847. The van der Waals surface area contributed by atoms with Gasteiger partial charge < -0.3 is 34.4 Å². The normalized spacial score (nSPS) is 29.4. The van der Waals surface area contributed by atoms with Gasteiger partial charge in [-0.1, -0.05) is 13.8 Å². The highest BCUT2D eigenvalue weighted by atomic mass is 31.1. The second-order valence-electron chi connectivity index (χ2n) is 6.69. The molecule has 0 aromatic heterocycles. The van der Waals surface area contributed by atoms with E-state index in [0.717, 1.165) is 0 Å². The van der Waals surface area contributed by atoms with Gasteiger partial charge in [0.1, 0.15) is 24.1 Å². The zero-order chi connectivity index (χ0) is 20.1. The summed E-state index contributed by atoms with van der Waals surface area (Å²) in [5.41, 5.74) is 0.463. The monoisotopic (exact) mass is 402 g/mol. The first-order chi connectivity index (χ1) is 12.7. The zero-order valence-electron chi connectivity index (χ0n) is 15.6. The molecule has 1 heterocycles. The number of carbonyl (C=O) groups excluding carboxylic acids is 1. The number of aliphatic hydroxyl groups is 3. The molecule has 1 fully saturated rings. The molecule has 4 N–H and O–H groups in total. The number of rotatable bonds is 7. The lowest BCUT2D eigenvalue weighted by Crippen LogP contribution is -2.59. The van der Waals surface area contributed by atoms with Crippen LogP contribution in [0.25, 0.3) is 0 Å². The second-order valence-corrected chi connectivity index (χ2v) is 9.05. The van der Waals surface area contributed by atoms with Gasteiger partial charge in [-0.3, -0.25) is 0 Å². The Morgan fingerprint density at radius 3 is 2.33 bits per heavy atom. The highest BCUT2D eigenvalue weighted by Gasteiger charge is 2.44. The van der Waals surface area contributed by atoms with Crippen molar-refractivity contribution < 1.29 is 39.2 Å². The van der Waals surface area contributed by atoms with Crippen LogP contribution in [0.3, 0.4) is 0 Å². The number of methoxy groups -OCH3 is 1. The third-order valence-electron chi connectivity index (χ3n) is 4.43. The fourth-order valence-corrected chi connectivity index (χ4v) is 3.73. The molecule has 0 spiro atoms. The molecule has 4 unspecified atom stereocenters. The van der Waals surface area contributed by atoms with Crippen LogP contribution < -0.4 is 4.74 Å². The highest BCUT2D eigenvalue weighted by molar-refractivity contribution is 7.52. The molecule has 152 valence electrons. The molecule has 6 atom stereocenters. The summed E-state index contributed by atoms with van der Waals surface area (Å²) >= 11 is 0. The zero-order valence-corrected chi connectivity index (χ0v) is 16.5. The van der Waals surface area contributed by atoms with Crippen molar-refractivity contribution in [3.63, 3.8) is 0 Å². The molecule has 8 nitrogen and oxygen atoms in total. The Morgan fingerprint density at radius 2 is 1.78 bits per heavy atom. The van der Waals surface area contributed by atoms with E-state index in [4.69, 9.17) is 9.47 Å². The molecule has 2 rings (SSSR count). The van der Waals surface area contributed by atoms with Crippen LogP contribution in [0.4, 0.5) is 0 Å². The first-order valence-electron chi connectivity index (χ1n) is 8.74. The Kier molecular flexibility index (Phi) is 7.97. The summed E-state index contributed by atoms with van der Waals surface area (Å²) in [5, 5.41) is 30.4. The van der Waals surface area contributed by atoms with Crippen molar-refractivity contribution in [1.29, 1.82) is 0 Å². The van der Waals surface area contributed by atoms with Crippen LogP contribution in [0.5, 0.6) is 5.75 Å². The van der Waals surface area contributed by atoms with Gasteiger partial charge in [0.15, 0.2) is 0 Å².